The van der Waals surface area contributed by atoms with Gasteiger partial charge in [0.25, 0.3) is 0 Å². The van der Waals surface area contributed by atoms with Crippen molar-refractivity contribution >= 4 is 11.3 Å². The Morgan fingerprint density at radius 1 is 1.36 bits per heavy atom. The highest BCUT2D eigenvalue weighted by molar-refractivity contribution is 7.12. The highest BCUT2D eigenvalue weighted by Gasteiger charge is 2.16. The Hall–Kier alpha value is -0.340. The van der Waals surface area contributed by atoms with Gasteiger partial charge in [-0.25, -0.2) is 0 Å². The molecule has 1 heterocycles. The molecule has 2 unspecified atom stereocenters. The second kappa shape index (κ2) is 5.52. The lowest BCUT2D eigenvalue weighted by Crippen LogP contribution is -2.07. The number of rotatable bonds is 5. The summed E-state index contributed by atoms with van der Waals surface area (Å²) in [6, 6.07) is 4.20. The molecule has 0 aliphatic carbocycles. The highest BCUT2D eigenvalue weighted by Crippen LogP contribution is 2.30. The van der Waals surface area contributed by atoms with Crippen LogP contribution in [-0.2, 0) is 6.42 Å². The Kier molecular flexibility index (Phi) is 4.63. The van der Waals surface area contributed by atoms with Crippen LogP contribution in [-0.4, -0.2) is 5.11 Å². The molecule has 0 radical (unpaired) electrons. The molecule has 1 N–H and O–H groups in total. The molecule has 1 nitrogen and oxygen atoms in total. The molecule has 14 heavy (non-hydrogen) atoms. The predicted octanol–water partition coefficient (Wildman–Crippen LogP) is 3.78. The number of aliphatic hydroxyl groups excluding tert-OH is 1. The van der Waals surface area contributed by atoms with Crippen molar-refractivity contribution in [1.82, 2.24) is 0 Å². The summed E-state index contributed by atoms with van der Waals surface area (Å²) in [5.74, 6) is 0.378. The van der Waals surface area contributed by atoms with Crippen LogP contribution in [0.1, 0.15) is 49.5 Å². The van der Waals surface area contributed by atoms with Crippen LogP contribution in [0.5, 0.6) is 0 Å². The molecule has 1 aromatic rings. The van der Waals surface area contributed by atoms with Gasteiger partial charge in [-0.05, 0) is 30.9 Å². The summed E-state index contributed by atoms with van der Waals surface area (Å²) in [5, 5.41) is 10.0. The molecule has 0 aromatic carbocycles. The van der Waals surface area contributed by atoms with Crippen LogP contribution < -0.4 is 0 Å². The van der Waals surface area contributed by atoms with E-state index in [1.165, 1.54) is 4.88 Å². The molecule has 80 valence electrons. The minimum Gasteiger partial charge on any atom is -0.387 e. The van der Waals surface area contributed by atoms with E-state index in [1.54, 1.807) is 11.3 Å². The second-order valence-electron chi connectivity index (χ2n) is 3.87. The third kappa shape index (κ3) is 2.82. The standard InChI is InChI=1S/C12H20OS/c1-4-6-9(3)12(13)11-8-7-10(5-2)14-11/h7-9,12-13H,4-6H2,1-3H3. The quantitative estimate of drug-likeness (QED) is 0.787. The third-order valence-corrected chi connectivity index (χ3v) is 3.91. The first-order chi connectivity index (χ1) is 6.69. The summed E-state index contributed by atoms with van der Waals surface area (Å²) < 4.78 is 0. The van der Waals surface area contributed by atoms with Gasteiger partial charge in [-0.3, -0.25) is 0 Å². The maximum Gasteiger partial charge on any atom is 0.0907 e. The first-order valence-electron chi connectivity index (χ1n) is 5.45. The summed E-state index contributed by atoms with van der Waals surface area (Å²) in [4.78, 5) is 2.49. The number of aryl methyl sites for hydroxylation is 1. The Balaban J connectivity index is 2.63. The monoisotopic (exact) mass is 212 g/mol. The normalized spacial score (nSPS) is 15.4. The molecular weight excluding hydrogens is 192 g/mol. The fourth-order valence-corrected chi connectivity index (χ4v) is 2.71. The van der Waals surface area contributed by atoms with Crippen LogP contribution in [0.15, 0.2) is 12.1 Å². The van der Waals surface area contributed by atoms with Crippen LogP contribution in [0.4, 0.5) is 0 Å². The molecule has 0 spiro atoms. The lowest BCUT2D eigenvalue weighted by Gasteiger charge is -2.16. The number of thiophene rings is 1. The minimum atomic E-state index is -0.264. The first kappa shape index (κ1) is 11.7. The van der Waals surface area contributed by atoms with E-state index in [2.05, 4.69) is 32.9 Å². The van der Waals surface area contributed by atoms with Gasteiger partial charge >= 0.3 is 0 Å². The fourth-order valence-electron chi connectivity index (χ4n) is 1.64. The van der Waals surface area contributed by atoms with Crippen LogP contribution >= 0.6 is 11.3 Å². The molecule has 0 saturated carbocycles. The zero-order valence-electron chi connectivity index (χ0n) is 9.29. The van der Waals surface area contributed by atoms with E-state index >= 15 is 0 Å². The third-order valence-electron chi connectivity index (χ3n) is 2.61. The Bertz CT molecular complexity index is 267. The molecule has 0 amide bonds. The van der Waals surface area contributed by atoms with Gasteiger partial charge in [0.05, 0.1) is 6.10 Å². The largest absolute Gasteiger partial charge is 0.387 e. The van der Waals surface area contributed by atoms with Crippen LogP contribution in [0.2, 0.25) is 0 Å². The van der Waals surface area contributed by atoms with Gasteiger partial charge in [0.15, 0.2) is 0 Å². The number of aliphatic hydroxyl groups is 1. The van der Waals surface area contributed by atoms with E-state index in [9.17, 15) is 5.11 Å². The van der Waals surface area contributed by atoms with E-state index in [1.807, 2.05) is 0 Å². The molecular formula is C12H20OS. The van der Waals surface area contributed by atoms with E-state index < -0.39 is 0 Å². The van der Waals surface area contributed by atoms with Crippen LogP contribution in [0, 0.1) is 5.92 Å². The van der Waals surface area contributed by atoms with E-state index in [0.29, 0.717) is 5.92 Å². The fraction of sp³-hybridized carbons (Fsp3) is 0.667. The zero-order valence-corrected chi connectivity index (χ0v) is 10.1. The summed E-state index contributed by atoms with van der Waals surface area (Å²) in [6.45, 7) is 6.44. The molecule has 0 saturated heterocycles. The van der Waals surface area contributed by atoms with Crippen molar-refractivity contribution in [2.24, 2.45) is 5.92 Å². The molecule has 0 aliphatic heterocycles. The summed E-state index contributed by atoms with van der Waals surface area (Å²) in [6.07, 6.45) is 3.05. The maximum atomic E-state index is 10.0. The molecule has 2 atom stereocenters. The lowest BCUT2D eigenvalue weighted by molar-refractivity contribution is 0.116. The summed E-state index contributed by atoms with van der Waals surface area (Å²) >= 11 is 1.75. The zero-order chi connectivity index (χ0) is 10.6. The van der Waals surface area contributed by atoms with Crippen LogP contribution in [0.25, 0.3) is 0 Å². The van der Waals surface area contributed by atoms with Crippen molar-refractivity contribution in [3.8, 4) is 0 Å². The Morgan fingerprint density at radius 3 is 2.57 bits per heavy atom. The molecule has 1 rings (SSSR count). The average Bonchev–Trinajstić information content (AvgIpc) is 2.65. The minimum absolute atomic E-state index is 0.264. The smallest absolute Gasteiger partial charge is 0.0907 e. The van der Waals surface area contributed by atoms with E-state index in [4.69, 9.17) is 0 Å². The van der Waals surface area contributed by atoms with Crippen molar-refractivity contribution in [1.29, 1.82) is 0 Å². The molecule has 0 bridgehead atoms. The molecule has 0 aliphatic rings. The van der Waals surface area contributed by atoms with Crippen molar-refractivity contribution < 1.29 is 5.11 Å². The number of hydrogen-bond donors (Lipinski definition) is 1. The first-order valence-corrected chi connectivity index (χ1v) is 6.27. The van der Waals surface area contributed by atoms with Crippen molar-refractivity contribution in [2.45, 2.75) is 46.1 Å². The average molecular weight is 212 g/mol. The van der Waals surface area contributed by atoms with Gasteiger partial charge < -0.3 is 5.11 Å². The maximum absolute atomic E-state index is 10.0. The SMILES string of the molecule is CCCC(C)C(O)c1ccc(CC)s1. The van der Waals surface area contributed by atoms with Gasteiger partial charge in [0, 0.05) is 9.75 Å². The summed E-state index contributed by atoms with van der Waals surface area (Å²) in [5.41, 5.74) is 0. The van der Waals surface area contributed by atoms with Gasteiger partial charge in [0.1, 0.15) is 0 Å². The number of hydrogen-bond acceptors (Lipinski definition) is 2. The van der Waals surface area contributed by atoms with Gasteiger partial charge in [-0.15, -0.1) is 11.3 Å². The van der Waals surface area contributed by atoms with Crippen molar-refractivity contribution in [3.05, 3.63) is 21.9 Å². The molecule has 1 aromatic heterocycles. The molecule has 2 heteroatoms. The summed E-state index contributed by atoms with van der Waals surface area (Å²) in [7, 11) is 0. The van der Waals surface area contributed by atoms with Gasteiger partial charge in [0.2, 0.25) is 0 Å². The van der Waals surface area contributed by atoms with Gasteiger partial charge in [-0.1, -0.05) is 27.2 Å². The second-order valence-corrected chi connectivity index (χ2v) is 5.07. The Morgan fingerprint density at radius 2 is 2.07 bits per heavy atom. The van der Waals surface area contributed by atoms with E-state index in [0.717, 1.165) is 24.1 Å². The molecule has 0 fully saturated rings. The van der Waals surface area contributed by atoms with Crippen LogP contribution in [0.3, 0.4) is 0 Å². The predicted molar refractivity (Wildman–Crippen MR) is 62.7 cm³/mol. The van der Waals surface area contributed by atoms with E-state index in [-0.39, 0.29) is 6.10 Å². The highest BCUT2D eigenvalue weighted by atomic mass is 32.1. The lowest BCUT2D eigenvalue weighted by atomic mass is 9.98. The van der Waals surface area contributed by atoms with Crippen molar-refractivity contribution in [3.63, 3.8) is 0 Å². The topological polar surface area (TPSA) is 20.2 Å². The Labute approximate surface area is 90.8 Å². The van der Waals surface area contributed by atoms with Crippen molar-refractivity contribution in [2.75, 3.05) is 0 Å². The van der Waals surface area contributed by atoms with Gasteiger partial charge in [-0.2, -0.15) is 0 Å².